The number of nitrogens with one attached hydrogen (secondary N) is 1. The van der Waals surface area contributed by atoms with Crippen LogP contribution < -0.4 is 21.0 Å². The maximum Gasteiger partial charge on any atom is 0.459 e. The molecule has 0 bridgehead atoms. The van der Waals surface area contributed by atoms with Crippen molar-refractivity contribution >= 4 is 19.5 Å². The first-order valence-corrected chi connectivity index (χ1v) is 13.2. The highest BCUT2D eigenvalue weighted by molar-refractivity contribution is 7.52. The Labute approximate surface area is 213 Å². The molecule has 6 atom stereocenters. The largest absolute Gasteiger partial charge is 0.462 e. The highest BCUT2D eigenvalue weighted by Crippen LogP contribution is 2.49. The topological polar surface area (TPSA) is 164 Å². The molecule has 1 saturated heterocycles. The van der Waals surface area contributed by atoms with Crippen molar-refractivity contribution in [3.8, 4) is 5.75 Å². The quantitative estimate of drug-likeness (QED) is 0.282. The van der Waals surface area contributed by atoms with Gasteiger partial charge in [-0.15, -0.1) is 0 Å². The number of para-hydroxylation sites is 1. The summed E-state index contributed by atoms with van der Waals surface area (Å²) in [6, 6.07) is 8.31. The number of alkyl halides is 1. The Morgan fingerprint density at radius 2 is 2.00 bits per heavy atom. The van der Waals surface area contributed by atoms with Crippen LogP contribution in [-0.2, 0) is 23.4 Å². The molecule has 0 saturated carbocycles. The molecular weight excluding hydrogens is 510 g/mol. The molecule has 14 heteroatoms. The van der Waals surface area contributed by atoms with Crippen molar-refractivity contribution in [1.82, 2.24) is 14.6 Å². The lowest BCUT2D eigenvalue weighted by Crippen LogP contribution is -2.42. The third-order valence-corrected chi connectivity index (χ3v) is 7.45. The summed E-state index contributed by atoms with van der Waals surface area (Å²) < 4.78 is 52.2. The number of halogens is 1. The van der Waals surface area contributed by atoms with Crippen molar-refractivity contribution in [2.24, 2.45) is 5.41 Å². The molecule has 2 aromatic rings. The number of carbonyl (C=O) groups is 1. The molecule has 4 N–H and O–H groups in total. The normalized spacial score (nSPS) is 26.0. The SMILES string of the molecule is CC(C)OC(=O)[C@H](C)NP(=O)(OC[C@H]1O[C@@H](n2ccc(N)nc2=O)C(F)C1(C)CO)Oc1ccccc1. The van der Waals surface area contributed by atoms with E-state index in [0.717, 1.165) is 4.57 Å². The van der Waals surface area contributed by atoms with E-state index in [9.17, 15) is 19.3 Å². The number of anilines is 1. The second-order valence-electron chi connectivity index (χ2n) is 9.16. The Bertz CT molecular complexity index is 1180. The third-order valence-electron chi connectivity index (χ3n) is 5.81. The molecule has 2 heterocycles. The minimum absolute atomic E-state index is 0.0466. The van der Waals surface area contributed by atoms with E-state index in [1.807, 2.05) is 0 Å². The summed E-state index contributed by atoms with van der Waals surface area (Å²) >= 11 is 0. The maximum atomic E-state index is 15.5. The fourth-order valence-corrected chi connectivity index (χ4v) is 5.13. The smallest absolute Gasteiger partial charge is 0.459 e. The van der Waals surface area contributed by atoms with Crippen LogP contribution in [0.25, 0.3) is 0 Å². The molecule has 0 radical (unpaired) electrons. The Morgan fingerprint density at radius 3 is 2.59 bits per heavy atom. The lowest BCUT2D eigenvalue weighted by atomic mass is 9.82. The van der Waals surface area contributed by atoms with E-state index in [4.69, 9.17) is 24.3 Å². The van der Waals surface area contributed by atoms with E-state index >= 15 is 4.39 Å². The molecule has 1 aliphatic rings. The molecule has 12 nitrogen and oxygen atoms in total. The first kappa shape index (κ1) is 28.7. The van der Waals surface area contributed by atoms with Gasteiger partial charge in [-0.3, -0.25) is 13.9 Å². The molecule has 3 unspecified atom stereocenters. The van der Waals surface area contributed by atoms with Crippen LogP contribution in [0.5, 0.6) is 5.75 Å². The predicted octanol–water partition coefficient (Wildman–Crippen LogP) is 2.19. The van der Waals surface area contributed by atoms with Gasteiger partial charge in [0.15, 0.2) is 12.4 Å². The minimum Gasteiger partial charge on any atom is -0.462 e. The van der Waals surface area contributed by atoms with Crippen LogP contribution >= 0.6 is 7.75 Å². The summed E-state index contributed by atoms with van der Waals surface area (Å²) in [5.74, 6) is -0.553. The van der Waals surface area contributed by atoms with E-state index in [0.29, 0.717) is 0 Å². The van der Waals surface area contributed by atoms with Gasteiger partial charge in [0, 0.05) is 6.20 Å². The predicted molar refractivity (Wildman–Crippen MR) is 131 cm³/mol. The minimum atomic E-state index is -4.27. The summed E-state index contributed by atoms with van der Waals surface area (Å²) in [7, 11) is -4.27. The average molecular weight is 543 g/mol. The van der Waals surface area contributed by atoms with Crippen molar-refractivity contribution in [2.75, 3.05) is 18.9 Å². The zero-order chi connectivity index (χ0) is 27.4. The van der Waals surface area contributed by atoms with E-state index in [1.165, 1.54) is 38.2 Å². The molecule has 0 aliphatic carbocycles. The number of hydrogen-bond donors (Lipinski definition) is 3. The van der Waals surface area contributed by atoms with Gasteiger partial charge in [0.25, 0.3) is 0 Å². The number of esters is 1. The van der Waals surface area contributed by atoms with Crippen molar-refractivity contribution in [2.45, 2.75) is 58.3 Å². The fourth-order valence-electron chi connectivity index (χ4n) is 3.64. The van der Waals surface area contributed by atoms with Gasteiger partial charge in [0.1, 0.15) is 17.6 Å². The molecule has 1 fully saturated rings. The number of nitrogens with two attached hydrogens (primary N) is 1. The van der Waals surface area contributed by atoms with Gasteiger partial charge in [-0.2, -0.15) is 10.1 Å². The number of aliphatic hydroxyl groups is 1. The summed E-state index contributed by atoms with van der Waals surface area (Å²) in [6.45, 7) is 4.96. The Kier molecular flexibility index (Phi) is 9.09. The lowest BCUT2D eigenvalue weighted by molar-refractivity contribution is -0.149. The van der Waals surface area contributed by atoms with E-state index < -0.39 is 68.7 Å². The first-order valence-electron chi connectivity index (χ1n) is 11.6. The zero-order valence-corrected chi connectivity index (χ0v) is 21.8. The summed E-state index contributed by atoms with van der Waals surface area (Å²) in [5, 5.41) is 12.6. The number of hydrogen-bond acceptors (Lipinski definition) is 10. The van der Waals surface area contributed by atoms with Crippen LogP contribution in [0, 0.1) is 5.41 Å². The van der Waals surface area contributed by atoms with Crippen LogP contribution in [0.2, 0.25) is 0 Å². The molecular formula is C23H32FN4O8P. The van der Waals surface area contributed by atoms with Gasteiger partial charge in [-0.05, 0) is 39.0 Å². The molecule has 37 heavy (non-hydrogen) atoms. The third kappa shape index (κ3) is 6.74. The average Bonchev–Trinajstić information content (AvgIpc) is 3.08. The summed E-state index contributed by atoms with van der Waals surface area (Å²) in [4.78, 5) is 28.2. The number of aliphatic hydroxyl groups excluding tert-OH is 1. The van der Waals surface area contributed by atoms with Gasteiger partial charge in [0.05, 0.1) is 30.8 Å². The van der Waals surface area contributed by atoms with Crippen molar-refractivity contribution in [3.05, 3.63) is 53.1 Å². The van der Waals surface area contributed by atoms with Crippen LogP contribution in [0.1, 0.15) is 33.9 Å². The van der Waals surface area contributed by atoms with E-state index in [2.05, 4.69) is 10.1 Å². The fraction of sp³-hybridized carbons (Fsp3) is 0.522. The Balaban J connectivity index is 1.83. The number of benzene rings is 1. The first-order chi connectivity index (χ1) is 17.4. The van der Waals surface area contributed by atoms with Crippen molar-refractivity contribution in [1.29, 1.82) is 0 Å². The molecule has 3 rings (SSSR count). The Hall–Kier alpha value is -2.83. The molecule has 1 aromatic carbocycles. The summed E-state index contributed by atoms with van der Waals surface area (Å²) in [5.41, 5.74) is 3.12. The van der Waals surface area contributed by atoms with E-state index in [1.54, 1.807) is 32.0 Å². The monoisotopic (exact) mass is 542 g/mol. The van der Waals surface area contributed by atoms with Crippen molar-refractivity contribution in [3.63, 3.8) is 0 Å². The molecule has 204 valence electrons. The van der Waals surface area contributed by atoms with Gasteiger partial charge in [0.2, 0.25) is 0 Å². The number of rotatable bonds is 11. The Morgan fingerprint density at radius 1 is 1.32 bits per heavy atom. The highest BCUT2D eigenvalue weighted by atomic mass is 31.2. The van der Waals surface area contributed by atoms with Crippen LogP contribution in [-0.4, -0.2) is 58.3 Å². The maximum absolute atomic E-state index is 15.5. The number of ether oxygens (including phenoxy) is 2. The van der Waals surface area contributed by atoms with E-state index in [-0.39, 0.29) is 11.6 Å². The molecule has 1 aliphatic heterocycles. The molecule has 0 spiro atoms. The van der Waals surface area contributed by atoms with Crippen LogP contribution in [0.4, 0.5) is 10.2 Å². The second-order valence-corrected chi connectivity index (χ2v) is 10.9. The van der Waals surface area contributed by atoms with Gasteiger partial charge < -0.3 is 24.8 Å². The second kappa shape index (κ2) is 11.7. The van der Waals surface area contributed by atoms with Crippen molar-refractivity contribution < 1.29 is 37.4 Å². The standard InChI is InChI=1S/C23H32FN4O8P/c1-14(2)34-21(30)15(3)27-37(32,36-16-8-6-5-7-9-16)33-12-17-23(4,13-29)19(24)20(35-17)28-11-10-18(25)26-22(28)31/h5-11,14-15,17,19-20,29H,12-13H2,1-4H3,(H,27,32)(H2,25,26,31)/t15-,17+,19?,20+,23?,37?/m0/s1. The van der Waals surface area contributed by atoms with Gasteiger partial charge in [-0.25, -0.2) is 13.8 Å². The highest BCUT2D eigenvalue weighted by Gasteiger charge is 2.55. The zero-order valence-electron chi connectivity index (χ0n) is 20.9. The van der Waals surface area contributed by atoms with Gasteiger partial charge in [-0.1, -0.05) is 25.1 Å². The summed E-state index contributed by atoms with van der Waals surface area (Å²) in [6.07, 6.45) is -3.66. The lowest BCUT2D eigenvalue weighted by Gasteiger charge is -2.30. The van der Waals surface area contributed by atoms with Crippen LogP contribution in [0.3, 0.4) is 0 Å². The number of carbonyl (C=O) groups excluding carboxylic acids is 1. The number of nitrogens with zero attached hydrogens (tertiary/aromatic N) is 2. The molecule has 0 amide bonds. The van der Waals surface area contributed by atoms with Crippen LogP contribution in [0.15, 0.2) is 47.4 Å². The van der Waals surface area contributed by atoms with Gasteiger partial charge >= 0.3 is 19.4 Å². The number of nitrogen functional groups attached to an aromatic ring is 1. The molecule has 1 aromatic heterocycles. The number of aromatic nitrogens is 2.